The van der Waals surface area contributed by atoms with Crippen LogP contribution in [0, 0.1) is 0 Å². The topological polar surface area (TPSA) is 98.8 Å². The fourth-order valence-electron chi connectivity index (χ4n) is 1.88. The van der Waals surface area contributed by atoms with Crippen LogP contribution in [0.15, 0.2) is 18.2 Å². The van der Waals surface area contributed by atoms with Crippen molar-refractivity contribution in [2.75, 3.05) is 52.7 Å². The number of nitrogens with one attached hydrogen (secondary N) is 2. The van der Waals surface area contributed by atoms with Gasteiger partial charge in [-0.1, -0.05) is 6.07 Å². The highest BCUT2D eigenvalue weighted by molar-refractivity contribution is 5.96. The molecule has 8 heteroatoms. The number of hydrogen-bond donors (Lipinski definition) is 2. The highest BCUT2D eigenvalue weighted by Gasteiger charge is 2.11. The highest BCUT2D eigenvalue weighted by Crippen LogP contribution is 2.00. The first-order valence-corrected chi connectivity index (χ1v) is 7.54. The van der Waals surface area contributed by atoms with E-state index in [1.807, 2.05) is 0 Å². The number of pyridine rings is 1. The lowest BCUT2D eigenvalue weighted by molar-refractivity contribution is 0.0157. The average molecular weight is 323 g/mol. The first-order chi connectivity index (χ1) is 11.3. The molecule has 2 N–H and O–H groups in total. The zero-order valence-electron chi connectivity index (χ0n) is 12.9. The number of aromatic nitrogens is 1. The number of hydrogen-bond acceptors (Lipinski definition) is 6. The van der Waals surface area contributed by atoms with Crippen LogP contribution in [-0.4, -0.2) is 69.5 Å². The SMILES string of the molecule is O=C1NCCOCCOCCOCCNC(=O)c2cccc1n2. The van der Waals surface area contributed by atoms with Crippen molar-refractivity contribution in [2.45, 2.75) is 0 Å². The van der Waals surface area contributed by atoms with Crippen LogP contribution in [0.25, 0.3) is 0 Å². The summed E-state index contributed by atoms with van der Waals surface area (Å²) >= 11 is 0. The Morgan fingerprint density at radius 2 is 1.17 bits per heavy atom. The largest absolute Gasteiger partial charge is 0.377 e. The molecule has 2 bridgehead atoms. The van der Waals surface area contributed by atoms with E-state index in [0.717, 1.165) is 0 Å². The van der Waals surface area contributed by atoms with Gasteiger partial charge in [-0.2, -0.15) is 0 Å². The summed E-state index contributed by atoms with van der Waals surface area (Å²) < 4.78 is 16.0. The number of amides is 2. The van der Waals surface area contributed by atoms with Gasteiger partial charge in [-0.15, -0.1) is 0 Å². The maximum atomic E-state index is 12.0. The molecular weight excluding hydrogens is 302 g/mol. The van der Waals surface area contributed by atoms with E-state index in [-0.39, 0.29) is 23.2 Å². The zero-order valence-corrected chi connectivity index (χ0v) is 12.9. The van der Waals surface area contributed by atoms with Crippen molar-refractivity contribution in [3.63, 3.8) is 0 Å². The summed E-state index contributed by atoms with van der Waals surface area (Å²) in [5.41, 5.74) is 0.386. The van der Waals surface area contributed by atoms with Gasteiger partial charge in [0.1, 0.15) is 11.4 Å². The molecule has 1 aliphatic heterocycles. The van der Waals surface area contributed by atoms with Gasteiger partial charge in [-0.25, -0.2) is 4.98 Å². The summed E-state index contributed by atoms with van der Waals surface area (Å²) in [6.07, 6.45) is 0. The molecule has 0 fully saturated rings. The van der Waals surface area contributed by atoms with Crippen LogP contribution < -0.4 is 10.6 Å². The quantitative estimate of drug-likeness (QED) is 0.674. The predicted molar refractivity (Wildman–Crippen MR) is 81.4 cm³/mol. The fourth-order valence-corrected chi connectivity index (χ4v) is 1.88. The molecule has 0 aromatic carbocycles. The molecule has 0 atom stereocenters. The number of nitrogens with zero attached hydrogens (tertiary/aromatic N) is 1. The molecule has 1 aliphatic rings. The second-order valence-electron chi connectivity index (χ2n) is 4.76. The monoisotopic (exact) mass is 323 g/mol. The van der Waals surface area contributed by atoms with Gasteiger partial charge in [0.25, 0.3) is 11.8 Å². The smallest absolute Gasteiger partial charge is 0.269 e. The maximum Gasteiger partial charge on any atom is 0.269 e. The van der Waals surface area contributed by atoms with Crippen LogP contribution in [0.5, 0.6) is 0 Å². The van der Waals surface area contributed by atoms with Crippen molar-refractivity contribution in [1.29, 1.82) is 0 Å². The minimum absolute atomic E-state index is 0.193. The highest BCUT2D eigenvalue weighted by atomic mass is 16.5. The van der Waals surface area contributed by atoms with Crippen LogP contribution in [0.2, 0.25) is 0 Å². The zero-order chi connectivity index (χ0) is 16.3. The number of rotatable bonds is 0. The Morgan fingerprint density at radius 1 is 0.739 bits per heavy atom. The van der Waals surface area contributed by atoms with Gasteiger partial charge < -0.3 is 24.8 Å². The Bertz CT molecular complexity index is 482. The third kappa shape index (κ3) is 6.31. The van der Waals surface area contributed by atoms with Gasteiger partial charge in [-0.3, -0.25) is 9.59 Å². The molecule has 0 saturated carbocycles. The van der Waals surface area contributed by atoms with E-state index < -0.39 is 0 Å². The summed E-state index contributed by atoms with van der Waals surface area (Å²) in [6, 6.07) is 4.74. The molecule has 0 spiro atoms. The summed E-state index contributed by atoms with van der Waals surface area (Å²) in [6.45, 7) is 3.34. The van der Waals surface area contributed by atoms with Crippen molar-refractivity contribution in [3.8, 4) is 0 Å². The van der Waals surface area contributed by atoms with Crippen molar-refractivity contribution < 1.29 is 23.8 Å². The molecule has 1 aromatic heterocycles. The van der Waals surface area contributed by atoms with Gasteiger partial charge in [-0.05, 0) is 12.1 Å². The predicted octanol–water partition coefficient (Wildman–Crippen LogP) is -0.395. The van der Waals surface area contributed by atoms with E-state index in [4.69, 9.17) is 14.2 Å². The van der Waals surface area contributed by atoms with Gasteiger partial charge in [0.2, 0.25) is 0 Å². The van der Waals surface area contributed by atoms with Crippen LogP contribution in [-0.2, 0) is 14.2 Å². The van der Waals surface area contributed by atoms with Gasteiger partial charge in [0.15, 0.2) is 0 Å². The Balaban J connectivity index is 1.96. The van der Waals surface area contributed by atoms with E-state index in [0.29, 0.717) is 52.7 Å². The minimum atomic E-state index is -0.344. The van der Waals surface area contributed by atoms with Crippen LogP contribution >= 0.6 is 0 Å². The number of carbonyl (C=O) groups excluding carboxylic acids is 2. The molecule has 2 rings (SSSR count). The lowest BCUT2D eigenvalue weighted by atomic mass is 10.2. The molecule has 0 saturated heterocycles. The number of fused-ring (bicyclic) bond motifs is 2. The van der Waals surface area contributed by atoms with E-state index in [2.05, 4.69) is 15.6 Å². The third-order valence-electron chi connectivity index (χ3n) is 3.02. The first kappa shape index (κ1) is 17.3. The van der Waals surface area contributed by atoms with Crippen LogP contribution in [0.1, 0.15) is 21.0 Å². The Kier molecular flexibility index (Phi) is 7.44. The van der Waals surface area contributed by atoms with Crippen LogP contribution in [0.4, 0.5) is 0 Å². The van der Waals surface area contributed by atoms with Gasteiger partial charge in [0.05, 0.1) is 39.6 Å². The lowest BCUT2D eigenvalue weighted by Crippen LogP contribution is -2.31. The molecular formula is C15H21N3O5. The van der Waals surface area contributed by atoms with Crippen molar-refractivity contribution in [1.82, 2.24) is 15.6 Å². The van der Waals surface area contributed by atoms with Crippen molar-refractivity contribution in [3.05, 3.63) is 29.6 Å². The molecule has 0 unspecified atom stereocenters. The summed E-state index contributed by atoms with van der Waals surface area (Å²) in [4.78, 5) is 28.0. The number of carbonyl (C=O) groups is 2. The van der Waals surface area contributed by atoms with E-state index in [9.17, 15) is 9.59 Å². The normalized spacial score (nSPS) is 19.1. The average Bonchev–Trinajstić information content (AvgIpc) is 2.58. The van der Waals surface area contributed by atoms with Crippen molar-refractivity contribution in [2.24, 2.45) is 0 Å². The number of ether oxygens (including phenoxy) is 3. The molecule has 23 heavy (non-hydrogen) atoms. The van der Waals surface area contributed by atoms with E-state index in [1.165, 1.54) is 0 Å². The minimum Gasteiger partial charge on any atom is -0.377 e. The summed E-state index contributed by atoms with van der Waals surface area (Å²) in [7, 11) is 0. The maximum absolute atomic E-state index is 12.0. The summed E-state index contributed by atoms with van der Waals surface area (Å²) in [5.74, 6) is -0.687. The molecule has 126 valence electrons. The van der Waals surface area contributed by atoms with Crippen molar-refractivity contribution >= 4 is 11.8 Å². The second-order valence-corrected chi connectivity index (χ2v) is 4.76. The van der Waals surface area contributed by atoms with E-state index >= 15 is 0 Å². The third-order valence-corrected chi connectivity index (χ3v) is 3.02. The second kappa shape index (κ2) is 9.88. The first-order valence-electron chi connectivity index (χ1n) is 7.54. The molecule has 2 amide bonds. The molecule has 0 aliphatic carbocycles. The molecule has 8 nitrogen and oxygen atoms in total. The molecule has 0 radical (unpaired) electrons. The van der Waals surface area contributed by atoms with Crippen LogP contribution in [0.3, 0.4) is 0 Å². The Labute approximate surface area is 134 Å². The molecule has 2 heterocycles. The van der Waals surface area contributed by atoms with Gasteiger partial charge in [0, 0.05) is 13.1 Å². The Hall–Kier alpha value is -2.03. The summed E-state index contributed by atoms with van der Waals surface area (Å²) in [5, 5.41) is 5.38. The Morgan fingerprint density at radius 3 is 1.65 bits per heavy atom. The van der Waals surface area contributed by atoms with Gasteiger partial charge >= 0.3 is 0 Å². The van der Waals surface area contributed by atoms with E-state index in [1.54, 1.807) is 18.2 Å². The lowest BCUT2D eigenvalue weighted by Gasteiger charge is -2.10. The standard InChI is InChI=1S/C15H21N3O5/c19-14-12-2-1-3-13(18-12)15(20)17-5-7-22-9-11-23-10-8-21-6-4-16-14/h1-3H,4-11H2,(H,16,19)(H,17,20). The molecule has 1 aromatic rings. The fraction of sp³-hybridized carbons (Fsp3) is 0.533.